The summed E-state index contributed by atoms with van der Waals surface area (Å²) in [6.07, 6.45) is 5.32. The molecule has 0 unspecified atom stereocenters. The Labute approximate surface area is 73.6 Å². The summed E-state index contributed by atoms with van der Waals surface area (Å²) >= 11 is 0. The number of hydrogen-bond donors (Lipinski definition) is 0. The largest absolute Gasteiger partial charge is 0.367 e. The molecule has 0 radical (unpaired) electrons. The molecule has 0 N–H and O–H groups in total. The third-order valence-electron chi connectivity index (χ3n) is 2.47. The second-order valence-electron chi connectivity index (χ2n) is 3.20. The molecule has 1 aliphatic carbocycles. The molecule has 0 spiro atoms. The Kier molecular flexibility index (Phi) is 3.04. The van der Waals surface area contributed by atoms with E-state index in [-0.39, 0.29) is 5.78 Å². The van der Waals surface area contributed by atoms with Crippen molar-refractivity contribution in [1.82, 2.24) is 0 Å². The van der Waals surface area contributed by atoms with E-state index in [0.29, 0.717) is 6.61 Å². The summed E-state index contributed by atoms with van der Waals surface area (Å²) in [5.74, 6) is 0.0573. The molecule has 2 nitrogen and oxygen atoms in total. The third kappa shape index (κ3) is 1.58. The highest BCUT2D eigenvalue weighted by atomic mass is 16.5. The minimum atomic E-state index is -0.503. The summed E-state index contributed by atoms with van der Waals surface area (Å²) in [6, 6.07) is 0. The molecule has 1 aliphatic rings. The first-order chi connectivity index (χ1) is 5.75. The molecule has 0 aromatic carbocycles. The molecule has 0 aromatic heterocycles. The Morgan fingerprint density at radius 2 is 2.17 bits per heavy atom. The summed E-state index contributed by atoms with van der Waals surface area (Å²) in [7, 11) is 0. The van der Waals surface area contributed by atoms with Crippen LogP contribution in [-0.2, 0) is 9.53 Å². The van der Waals surface area contributed by atoms with Gasteiger partial charge in [0.15, 0.2) is 5.78 Å². The molecular weight excluding hydrogens is 152 g/mol. The summed E-state index contributed by atoms with van der Waals surface area (Å²) in [5.41, 5.74) is -0.503. The van der Waals surface area contributed by atoms with Gasteiger partial charge in [0.25, 0.3) is 0 Å². The number of ketones is 1. The normalized spacial score (nSPS) is 20.8. The van der Waals surface area contributed by atoms with E-state index in [2.05, 4.69) is 6.58 Å². The van der Waals surface area contributed by atoms with E-state index in [1.807, 2.05) is 6.92 Å². The van der Waals surface area contributed by atoms with Crippen LogP contribution in [0.2, 0.25) is 0 Å². The van der Waals surface area contributed by atoms with Crippen molar-refractivity contribution < 1.29 is 9.53 Å². The lowest BCUT2D eigenvalue weighted by Gasteiger charge is -2.25. The van der Waals surface area contributed by atoms with Crippen LogP contribution in [0.4, 0.5) is 0 Å². The lowest BCUT2D eigenvalue weighted by molar-refractivity contribution is -0.138. The fraction of sp³-hybridized carbons (Fsp3) is 0.700. The lowest BCUT2D eigenvalue weighted by Crippen LogP contribution is -2.37. The fourth-order valence-electron chi connectivity index (χ4n) is 1.87. The van der Waals surface area contributed by atoms with Gasteiger partial charge in [0, 0.05) is 6.61 Å². The first-order valence-corrected chi connectivity index (χ1v) is 4.56. The van der Waals surface area contributed by atoms with E-state index in [4.69, 9.17) is 4.74 Å². The number of carbonyl (C=O) groups is 1. The molecule has 0 bridgehead atoms. The van der Waals surface area contributed by atoms with Gasteiger partial charge in [-0.3, -0.25) is 4.79 Å². The highest BCUT2D eigenvalue weighted by Gasteiger charge is 2.39. The van der Waals surface area contributed by atoms with Gasteiger partial charge in [-0.25, -0.2) is 0 Å². The monoisotopic (exact) mass is 168 g/mol. The standard InChI is InChI=1S/C10H16O2/c1-3-9(11)10(12-4-2)7-5-6-8-10/h3H,1,4-8H2,2H3. The van der Waals surface area contributed by atoms with Crippen LogP contribution < -0.4 is 0 Å². The molecule has 2 heteroatoms. The summed E-state index contributed by atoms with van der Waals surface area (Å²) < 4.78 is 5.52. The maximum atomic E-state index is 11.5. The zero-order valence-electron chi connectivity index (χ0n) is 7.64. The average molecular weight is 168 g/mol. The zero-order chi connectivity index (χ0) is 9.03. The molecule has 0 saturated heterocycles. The maximum Gasteiger partial charge on any atom is 0.186 e. The summed E-state index contributed by atoms with van der Waals surface area (Å²) in [5, 5.41) is 0. The van der Waals surface area contributed by atoms with Crippen LogP contribution in [0.25, 0.3) is 0 Å². The molecule has 0 atom stereocenters. The highest BCUT2D eigenvalue weighted by molar-refractivity contribution is 5.96. The molecule has 1 fully saturated rings. The molecule has 12 heavy (non-hydrogen) atoms. The van der Waals surface area contributed by atoms with Gasteiger partial charge in [-0.2, -0.15) is 0 Å². The summed E-state index contributed by atoms with van der Waals surface area (Å²) in [4.78, 5) is 11.5. The topological polar surface area (TPSA) is 26.3 Å². The van der Waals surface area contributed by atoms with Gasteiger partial charge in [0.2, 0.25) is 0 Å². The van der Waals surface area contributed by atoms with E-state index in [9.17, 15) is 4.79 Å². The van der Waals surface area contributed by atoms with Crippen molar-refractivity contribution in [2.45, 2.75) is 38.2 Å². The van der Waals surface area contributed by atoms with E-state index in [0.717, 1.165) is 25.7 Å². The number of carbonyl (C=O) groups excluding carboxylic acids is 1. The van der Waals surface area contributed by atoms with Gasteiger partial charge in [0.1, 0.15) is 5.60 Å². The number of ether oxygens (including phenoxy) is 1. The summed E-state index contributed by atoms with van der Waals surface area (Å²) in [6.45, 7) is 6.04. The van der Waals surface area contributed by atoms with Crippen LogP contribution in [0, 0.1) is 0 Å². The maximum absolute atomic E-state index is 11.5. The number of rotatable bonds is 4. The van der Waals surface area contributed by atoms with Crippen LogP contribution in [-0.4, -0.2) is 18.0 Å². The van der Waals surface area contributed by atoms with Gasteiger partial charge in [-0.15, -0.1) is 0 Å². The Hall–Kier alpha value is -0.630. The zero-order valence-corrected chi connectivity index (χ0v) is 7.64. The van der Waals surface area contributed by atoms with Gasteiger partial charge < -0.3 is 4.74 Å². The van der Waals surface area contributed by atoms with Crippen molar-refractivity contribution in [1.29, 1.82) is 0 Å². The van der Waals surface area contributed by atoms with Crippen LogP contribution >= 0.6 is 0 Å². The van der Waals surface area contributed by atoms with Gasteiger partial charge in [-0.05, 0) is 38.7 Å². The third-order valence-corrected chi connectivity index (χ3v) is 2.47. The molecule has 0 aromatic rings. The highest BCUT2D eigenvalue weighted by Crippen LogP contribution is 2.34. The van der Waals surface area contributed by atoms with Crippen LogP contribution in [0.1, 0.15) is 32.6 Å². The molecule has 68 valence electrons. The first kappa shape index (κ1) is 9.46. The Morgan fingerprint density at radius 3 is 2.58 bits per heavy atom. The molecular formula is C10H16O2. The van der Waals surface area contributed by atoms with Crippen LogP contribution in [0.5, 0.6) is 0 Å². The molecule has 0 aliphatic heterocycles. The fourth-order valence-corrected chi connectivity index (χ4v) is 1.87. The molecule has 1 saturated carbocycles. The van der Waals surface area contributed by atoms with E-state index < -0.39 is 5.60 Å². The lowest BCUT2D eigenvalue weighted by atomic mass is 9.96. The number of hydrogen-bond acceptors (Lipinski definition) is 2. The predicted octanol–water partition coefficient (Wildman–Crippen LogP) is 2.09. The van der Waals surface area contributed by atoms with Gasteiger partial charge >= 0.3 is 0 Å². The minimum Gasteiger partial charge on any atom is -0.367 e. The second kappa shape index (κ2) is 3.85. The molecule has 0 heterocycles. The van der Waals surface area contributed by atoms with E-state index in [1.54, 1.807) is 0 Å². The van der Waals surface area contributed by atoms with Crippen molar-refractivity contribution in [3.63, 3.8) is 0 Å². The van der Waals surface area contributed by atoms with E-state index in [1.165, 1.54) is 6.08 Å². The Morgan fingerprint density at radius 1 is 1.58 bits per heavy atom. The smallest absolute Gasteiger partial charge is 0.186 e. The first-order valence-electron chi connectivity index (χ1n) is 4.56. The molecule has 1 rings (SSSR count). The van der Waals surface area contributed by atoms with Crippen molar-refractivity contribution >= 4 is 5.78 Å². The Balaban J connectivity index is 2.70. The van der Waals surface area contributed by atoms with E-state index >= 15 is 0 Å². The van der Waals surface area contributed by atoms with Crippen molar-refractivity contribution in [3.05, 3.63) is 12.7 Å². The van der Waals surface area contributed by atoms with Crippen molar-refractivity contribution in [3.8, 4) is 0 Å². The minimum absolute atomic E-state index is 0.0573. The van der Waals surface area contributed by atoms with Crippen LogP contribution in [0.15, 0.2) is 12.7 Å². The van der Waals surface area contributed by atoms with Crippen molar-refractivity contribution in [2.24, 2.45) is 0 Å². The van der Waals surface area contributed by atoms with Crippen molar-refractivity contribution in [2.75, 3.05) is 6.61 Å². The predicted molar refractivity (Wildman–Crippen MR) is 48.0 cm³/mol. The Bertz CT molecular complexity index is 178. The quantitative estimate of drug-likeness (QED) is 0.601. The average Bonchev–Trinajstić information content (AvgIpc) is 2.53. The van der Waals surface area contributed by atoms with Gasteiger partial charge in [0.05, 0.1) is 0 Å². The van der Waals surface area contributed by atoms with Gasteiger partial charge in [-0.1, -0.05) is 6.58 Å². The second-order valence-corrected chi connectivity index (χ2v) is 3.20. The molecule has 0 amide bonds. The van der Waals surface area contributed by atoms with Crippen LogP contribution in [0.3, 0.4) is 0 Å². The SMILES string of the molecule is C=CC(=O)C1(OCC)CCCC1.